The van der Waals surface area contributed by atoms with Crippen molar-refractivity contribution in [2.75, 3.05) is 20.1 Å². The standard InChI is InChI=1S/C17H25N3/c1-18-16(19-13-15-7-3-2-4-8-15)20-12-11-17(14-20)9-5-6-10-17/h2-4,7-8H,5-6,9-14H2,1H3,(H,18,19). The molecule has 0 radical (unpaired) electrons. The lowest BCUT2D eigenvalue weighted by atomic mass is 9.86. The molecule has 0 bridgehead atoms. The van der Waals surface area contributed by atoms with Gasteiger partial charge in [0.2, 0.25) is 0 Å². The quantitative estimate of drug-likeness (QED) is 0.661. The van der Waals surface area contributed by atoms with Gasteiger partial charge < -0.3 is 10.2 Å². The lowest BCUT2D eigenvalue weighted by Gasteiger charge is -2.26. The molecule has 1 N–H and O–H groups in total. The van der Waals surface area contributed by atoms with Crippen LogP contribution in [0.4, 0.5) is 0 Å². The first-order valence-corrected chi connectivity index (χ1v) is 7.81. The van der Waals surface area contributed by atoms with Crippen LogP contribution < -0.4 is 5.32 Å². The summed E-state index contributed by atoms with van der Waals surface area (Å²) in [6.07, 6.45) is 7.02. The Bertz CT molecular complexity index is 460. The Balaban J connectivity index is 1.58. The van der Waals surface area contributed by atoms with Crippen molar-refractivity contribution in [1.82, 2.24) is 10.2 Å². The smallest absolute Gasteiger partial charge is 0.193 e. The van der Waals surface area contributed by atoms with E-state index in [0.29, 0.717) is 5.41 Å². The molecule has 20 heavy (non-hydrogen) atoms. The topological polar surface area (TPSA) is 27.6 Å². The molecule has 0 amide bonds. The average Bonchev–Trinajstić information content (AvgIpc) is 3.12. The van der Waals surface area contributed by atoms with Crippen molar-refractivity contribution in [2.45, 2.75) is 38.6 Å². The van der Waals surface area contributed by atoms with Gasteiger partial charge in [0.05, 0.1) is 0 Å². The van der Waals surface area contributed by atoms with Gasteiger partial charge in [0.1, 0.15) is 0 Å². The predicted molar refractivity (Wildman–Crippen MR) is 83.7 cm³/mol. The molecule has 3 heteroatoms. The van der Waals surface area contributed by atoms with Crippen molar-refractivity contribution < 1.29 is 0 Å². The number of aliphatic imine (C=N–C) groups is 1. The maximum absolute atomic E-state index is 4.47. The lowest BCUT2D eigenvalue weighted by Crippen LogP contribution is -2.40. The van der Waals surface area contributed by atoms with Crippen molar-refractivity contribution in [2.24, 2.45) is 10.4 Å². The average molecular weight is 271 g/mol. The van der Waals surface area contributed by atoms with Gasteiger partial charge in [-0.25, -0.2) is 0 Å². The zero-order valence-electron chi connectivity index (χ0n) is 12.4. The summed E-state index contributed by atoms with van der Waals surface area (Å²) in [7, 11) is 1.90. The third kappa shape index (κ3) is 2.82. The molecular formula is C17H25N3. The first-order valence-electron chi connectivity index (χ1n) is 7.81. The highest BCUT2D eigenvalue weighted by Gasteiger charge is 2.40. The van der Waals surface area contributed by atoms with Crippen LogP contribution in [0.1, 0.15) is 37.7 Å². The van der Waals surface area contributed by atoms with E-state index in [-0.39, 0.29) is 0 Å². The van der Waals surface area contributed by atoms with E-state index in [4.69, 9.17) is 0 Å². The summed E-state index contributed by atoms with van der Waals surface area (Å²) in [5.41, 5.74) is 1.91. The van der Waals surface area contributed by atoms with Gasteiger partial charge in [0, 0.05) is 26.7 Å². The van der Waals surface area contributed by atoms with Crippen molar-refractivity contribution >= 4 is 5.96 Å². The highest BCUT2D eigenvalue weighted by Crippen LogP contribution is 2.45. The third-order valence-corrected chi connectivity index (χ3v) is 4.91. The number of nitrogens with one attached hydrogen (secondary N) is 1. The number of nitrogens with zero attached hydrogens (tertiary/aromatic N) is 2. The number of rotatable bonds is 2. The summed E-state index contributed by atoms with van der Waals surface area (Å²) in [6.45, 7) is 3.22. The lowest BCUT2D eigenvalue weighted by molar-refractivity contribution is 0.309. The van der Waals surface area contributed by atoms with Crippen molar-refractivity contribution in [3.05, 3.63) is 35.9 Å². The molecule has 0 unspecified atom stereocenters. The highest BCUT2D eigenvalue weighted by molar-refractivity contribution is 5.80. The summed E-state index contributed by atoms with van der Waals surface area (Å²) in [4.78, 5) is 6.92. The van der Waals surface area contributed by atoms with E-state index in [1.165, 1.54) is 44.2 Å². The zero-order chi connectivity index (χ0) is 13.8. The van der Waals surface area contributed by atoms with Crippen LogP contribution in [0.5, 0.6) is 0 Å². The minimum absolute atomic E-state index is 0.602. The molecule has 1 saturated carbocycles. The maximum Gasteiger partial charge on any atom is 0.193 e. The largest absolute Gasteiger partial charge is 0.352 e. The van der Waals surface area contributed by atoms with Gasteiger partial charge in [-0.2, -0.15) is 0 Å². The Morgan fingerprint density at radius 2 is 1.95 bits per heavy atom. The molecule has 1 aromatic carbocycles. The highest BCUT2D eigenvalue weighted by atomic mass is 15.3. The molecule has 1 aliphatic carbocycles. The second-order valence-corrected chi connectivity index (χ2v) is 6.27. The normalized spacial score (nSPS) is 21.6. The first-order chi connectivity index (χ1) is 9.81. The molecule has 1 saturated heterocycles. The summed E-state index contributed by atoms with van der Waals surface area (Å²) in [5.74, 6) is 1.07. The SMILES string of the molecule is CN=C(NCc1ccccc1)N1CCC2(CCCC2)C1. The fourth-order valence-electron chi connectivity index (χ4n) is 3.76. The maximum atomic E-state index is 4.47. The molecule has 2 fully saturated rings. The van der Waals surface area contributed by atoms with Gasteiger partial charge in [-0.3, -0.25) is 4.99 Å². The van der Waals surface area contributed by atoms with Crippen LogP contribution in [0.2, 0.25) is 0 Å². The van der Waals surface area contributed by atoms with E-state index in [1.54, 1.807) is 0 Å². The van der Waals surface area contributed by atoms with Gasteiger partial charge in [0.25, 0.3) is 0 Å². The molecule has 1 aromatic rings. The fourth-order valence-corrected chi connectivity index (χ4v) is 3.76. The van der Waals surface area contributed by atoms with Gasteiger partial charge in [0.15, 0.2) is 5.96 Å². The van der Waals surface area contributed by atoms with Crippen LogP contribution in [-0.4, -0.2) is 31.0 Å². The Morgan fingerprint density at radius 3 is 2.65 bits per heavy atom. The number of hydrogen-bond donors (Lipinski definition) is 1. The molecule has 108 valence electrons. The number of benzene rings is 1. The molecule has 0 aromatic heterocycles. The molecule has 0 atom stereocenters. The van der Waals surface area contributed by atoms with Crippen LogP contribution in [0.15, 0.2) is 35.3 Å². The number of likely N-dealkylation sites (tertiary alicyclic amines) is 1. The van der Waals surface area contributed by atoms with Crippen LogP contribution in [-0.2, 0) is 6.54 Å². The summed E-state index contributed by atoms with van der Waals surface area (Å²) in [6, 6.07) is 10.5. The van der Waals surface area contributed by atoms with Gasteiger partial charge in [-0.1, -0.05) is 43.2 Å². The summed E-state index contributed by atoms with van der Waals surface area (Å²) >= 11 is 0. The monoisotopic (exact) mass is 271 g/mol. The predicted octanol–water partition coefficient (Wildman–Crippen LogP) is 3.03. The molecule has 1 spiro atoms. The minimum atomic E-state index is 0.602. The van der Waals surface area contributed by atoms with E-state index in [2.05, 4.69) is 45.5 Å². The van der Waals surface area contributed by atoms with E-state index in [9.17, 15) is 0 Å². The van der Waals surface area contributed by atoms with Crippen LogP contribution in [0.25, 0.3) is 0 Å². The summed E-state index contributed by atoms with van der Waals surface area (Å²) in [5, 5.41) is 3.51. The van der Waals surface area contributed by atoms with Crippen molar-refractivity contribution in [1.29, 1.82) is 0 Å². The second kappa shape index (κ2) is 5.86. The van der Waals surface area contributed by atoms with E-state index in [0.717, 1.165) is 19.0 Å². The molecule has 3 rings (SSSR count). The van der Waals surface area contributed by atoms with Crippen LogP contribution in [0, 0.1) is 5.41 Å². The van der Waals surface area contributed by atoms with Crippen LogP contribution in [0.3, 0.4) is 0 Å². The fraction of sp³-hybridized carbons (Fsp3) is 0.588. The van der Waals surface area contributed by atoms with E-state index in [1.807, 2.05) is 7.05 Å². The Morgan fingerprint density at radius 1 is 1.20 bits per heavy atom. The van der Waals surface area contributed by atoms with Crippen LogP contribution >= 0.6 is 0 Å². The van der Waals surface area contributed by atoms with Crippen molar-refractivity contribution in [3.63, 3.8) is 0 Å². The van der Waals surface area contributed by atoms with E-state index < -0.39 is 0 Å². The number of guanidine groups is 1. The van der Waals surface area contributed by atoms with E-state index >= 15 is 0 Å². The Hall–Kier alpha value is -1.51. The molecule has 1 heterocycles. The number of hydrogen-bond acceptors (Lipinski definition) is 1. The van der Waals surface area contributed by atoms with Gasteiger partial charge in [-0.05, 0) is 30.2 Å². The first kappa shape index (κ1) is 13.5. The zero-order valence-corrected chi connectivity index (χ0v) is 12.4. The second-order valence-electron chi connectivity index (χ2n) is 6.27. The molecule has 1 aliphatic heterocycles. The summed E-state index contributed by atoms with van der Waals surface area (Å²) < 4.78 is 0. The van der Waals surface area contributed by atoms with Gasteiger partial charge in [-0.15, -0.1) is 0 Å². The minimum Gasteiger partial charge on any atom is -0.352 e. The Kier molecular flexibility index (Phi) is 3.95. The Labute approximate surface area is 122 Å². The molecule has 3 nitrogen and oxygen atoms in total. The van der Waals surface area contributed by atoms with Crippen molar-refractivity contribution in [3.8, 4) is 0 Å². The van der Waals surface area contributed by atoms with Gasteiger partial charge >= 0.3 is 0 Å². The molecular weight excluding hydrogens is 246 g/mol. The molecule has 2 aliphatic rings. The third-order valence-electron chi connectivity index (χ3n) is 4.91.